The maximum Gasteiger partial charge on any atom is 0.410 e. The van der Waals surface area contributed by atoms with Crippen molar-refractivity contribution in [3.63, 3.8) is 0 Å². The van der Waals surface area contributed by atoms with E-state index >= 15 is 0 Å². The summed E-state index contributed by atoms with van der Waals surface area (Å²) in [7, 11) is 3.21. The van der Waals surface area contributed by atoms with Gasteiger partial charge in [0.05, 0.1) is 19.8 Å². The van der Waals surface area contributed by atoms with Gasteiger partial charge in [0.1, 0.15) is 5.60 Å². The molecular formula is C27H44N2O7. The second-order valence-electron chi connectivity index (χ2n) is 10.4. The fraction of sp³-hybridized carbons (Fsp3) is 0.704. The number of piperidine rings is 1. The lowest BCUT2D eigenvalue weighted by Gasteiger charge is -2.45. The zero-order chi connectivity index (χ0) is 26.9. The van der Waals surface area contributed by atoms with Crippen LogP contribution < -0.4 is 9.47 Å². The van der Waals surface area contributed by atoms with Gasteiger partial charge < -0.3 is 33.9 Å². The van der Waals surface area contributed by atoms with E-state index in [2.05, 4.69) is 0 Å². The minimum atomic E-state index is -0.635. The van der Waals surface area contributed by atoms with Gasteiger partial charge in [-0.1, -0.05) is 0 Å². The van der Waals surface area contributed by atoms with E-state index in [0.29, 0.717) is 56.1 Å². The summed E-state index contributed by atoms with van der Waals surface area (Å²) < 4.78 is 22.0. The molecular weight excluding hydrogens is 464 g/mol. The molecule has 2 unspecified atom stereocenters. The van der Waals surface area contributed by atoms with Crippen LogP contribution in [-0.2, 0) is 9.47 Å². The molecule has 0 radical (unpaired) electrons. The molecule has 1 fully saturated rings. The number of likely N-dealkylation sites (tertiary alicyclic amines) is 1. The van der Waals surface area contributed by atoms with Gasteiger partial charge in [-0.05, 0) is 72.1 Å². The Labute approximate surface area is 215 Å². The quantitative estimate of drug-likeness (QED) is 0.449. The summed E-state index contributed by atoms with van der Waals surface area (Å²) in [6.07, 6.45) is 2.18. The number of rotatable bonds is 11. The molecule has 0 aliphatic carbocycles. The number of aliphatic hydroxyl groups excluding tert-OH is 1. The topological polar surface area (TPSA) is 97.8 Å². The molecule has 1 aromatic carbocycles. The number of carbonyl (C=O) groups excluding carboxylic acids is 2. The molecule has 0 saturated carbocycles. The van der Waals surface area contributed by atoms with Gasteiger partial charge in [0.25, 0.3) is 5.91 Å². The lowest BCUT2D eigenvalue weighted by Crippen LogP contribution is -2.57. The number of methoxy groups -OCH3 is 2. The molecule has 204 valence electrons. The third-order valence-electron chi connectivity index (χ3n) is 6.12. The molecule has 1 saturated heterocycles. The SMILES string of the molecule is COCCCOc1cc(C(=O)N(C(C)C)C2CCC(CCO)N(C(=O)OC(C)(C)C)C2)ccc1OC. The lowest BCUT2D eigenvalue weighted by atomic mass is 9.94. The van der Waals surface area contributed by atoms with E-state index in [1.807, 2.05) is 39.5 Å². The Kier molecular flexibility index (Phi) is 11.3. The average molecular weight is 509 g/mol. The molecule has 0 aromatic heterocycles. The molecule has 9 heteroatoms. The molecule has 1 aliphatic rings. The highest BCUT2D eigenvalue weighted by molar-refractivity contribution is 5.95. The molecule has 2 rings (SSSR count). The molecule has 9 nitrogen and oxygen atoms in total. The first-order valence-corrected chi connectivity index (χ1v) is 12.7. The number of ether oxygens (including phenoxy) is 4. The molecule has 1 aromatic rings. The first-order valence-electron chi connectivity index (χ1n) is 12.7. The van der Waals surface area contributed by atoms with Crippen molar-refractivity contribution in [1.82, 2.24) is 9.80 Å². The van der Waals surface area contributed by atoms with Crippen LogP contribution >= 0.6 is 0 Å². The highest BCUT2D eigenvalue weighted by atomic mass is 16.6. The third kappa shape index (κ3) is 8.27. The van der Waals surface area contributed by atoms with E-state index in [-0.39, 0.29) is 30.6 Å². The van der Waals surface area contributed by atoms with Crippen molar-refractivity contribution in [3.8, 4) is 11.5 Å². The Morgan fingerprint density at radius 3 is 2.44 bits per heavy atom. The number of benzene rings is 1. The number of nitrogens with zero attached hydrogens (tertiary/aromatic N) is 2. The van der Waals surface area contributed by atoms with Crippen molar-refractivity contribution < 1.29 is 33.6 Å². The van der Waals surface area contributed by atoms with Crippen LogP contribution in [0.1, 0.15) is 70.7 Å². The predicted octanol–water partition coefficient (Wildman–Crippen LogP) is 4.11. The molecule has 1 N–H and O–H groups in total. The Morgan fingerprint density at radius 2 is 1.86 bits per heavy atom. The van der Waals surface area contributed by atoms with Crippen LogP contribution in [0.15, 0.2) is 18.2 Å². The van der Waals surface area contributed by atoms with Gasteiger partial charge in [-0.25, -0.2) is 4.79 Å². The van der Waals surface area contributed by atoms with Crippen molar-refractivity contribution >= 4 is 12.0 Å². The summed E-state index contributed by atoms with van der Waals surface area (Å²) in [6.45, 7) is 10.8. The van der Waals surface area contributed by atoms with E-state index in [4.69, 9.17) is 18.9 Å². The molecule has 2 atom stereocenters. The van der Waals surface area contributed by atoms with Crippen molar-refractivity contribution in [2.75, 3.05) is 40.6 Å². The summed E-state index contributed by atoms with van der Waals surface area (Å²) in [4.78, 5) is 30.3. The van der Waals surface area contributed by atoms with Gasteiger partial charge in [0.15, 0.2) is 11.5 Å². The summed E-state index contributed by atoms with van der Waals surface area (Å²) in [5.41, 5.74) is -0.142. The maximum absolute atomic E-state index is 13.8. The normalized spacial score (nSPS) is 18.2. The van der Waals surface area contributed by atoms with Crippen LogP contribution in [0.4, 0.5) is 4.79 Å². The lowest BCUT2D eigenvalue weighted by molar-refractivity contribution is -0.00992. The number of hydrogen-bond donors (Lipinski definition) is 1. The number of aliphatic hydroxyl groups is 1. The van der Waals surface area contributed by atoms with Crippen LogP contribution in [0.5, 0.6) is 11.5 Å². The molecule has 0 spiro atoms. The predicted molar refractivity (Wildman–Crippen MR) is 138 cm³/mol. The Morgan fingerprint density at radius 1 is 1.14 bits per heavy atom. The fourth-order valence-corrected chi connectivity index (χ4v) is 4.51. The Hall–Kier alpha value is -2.52. The fourth-order valence-electron chi connectivity index (χ4n) is 4.51. The first-order chi connectivity index (χ1) is 17.0. The van der Waals surface area contributed by atoms with E-state index in [1.54, 1.807) is 37.3 Å². The molecule has 1 heterocycles. The van der Waals surface area contributed by atoms with Gasteiger partial charge in [-0.15, -0.1) is 0 Å². The van der Waals surface area contributed by atoms with E-state index in [1.165, 1.54) is 0 Å². The smallest absolute Gasteiger partial charge is 0.410 e. The van der Waals surface area contributed by atoms with Crippen molar-refractivity contribution in [2.45, 2.75) is 84.0 Å². The maximum atomic E-state index is 13.8. The van der Waals surface area contributed by atoms with Crippen LogP contribution in [0, 0.1) is 0 Å². The summed E-state index contributed by atoms with van der Waals surface area (Å²) in [5, 5.41) is 9.54. The zero-order valence-corrected chi connectivity index (χ0v) is 22.9. The Bertz CT molecular complexity index is 853. The summed E-state index contributed by atoms with van der Waals surface area (Å²) in [6, 6.07) is 4.79. The monoisotopic (exact) mass is 508 g/mol. The Balaban J connectivity index is 2.27. The van der Waals surface area contributed by atoms with Gasteiger partial charge in [-0.2, -0.15) is 0 Å². The molecule has 2 amide bonds. The second kappa shape index (κ2) is 13.7. The standard InChI is InChI=1S/C27H44N2O7/c1-19(2)29(22-11-10-21(13-14-30)28(18-22)26(32)36-27(3,4)5)25(31)20-9-12-23(34-7)24(17-20)35-16-8-15-33-6/h9,12,17,19,21-22,30H,8,10-11,13-16,18H2,1-7H3. The number of amides is 2. The van der Waals surface area contributed by atoms with Crippen LogP contribution in [-0.4, -0.2) is 91.2 Å². The summed E-state index contributed by atoms with van der Waals surface area (Å²) in [5.74, 6) is 0.926. The van der Waals surface area contributed by atoms with Gasteiger partial charge >= 0.3 is 6.09 Å². The van der Waals surface area contributed by atoms with Crippen molar-refractivity contribution in [3.05, 3.63) is 23.8 Å². The highest BCUT2D eigenvalue weighted by Crippen LogP contribution is 2.31. The largest absolute Gasteiger partial charge is 0.493 e. The van der Waals surface area contributed by atoms with Gasteiger partial charge in [-0.3, -0.25) is 4.79 Å². The highest BCUT2D eigenvalue weighted by Gasteiger charge is 2.38. The number of hydrogen-bond acceptors (Lipinski definition) is 7. The van der Waals surface area contributed by atoms with Crippen LogP contribution in [0.3, 0.4) is 0 Å². The third-order valence-corrected chi connectivity index (χ3v) is 6.12. The molecule has 0 bridgehead atoms. The second-order valence-corrected chi connectivity index (χ2v) is 10.4. The van der Waals surface area contributed by atoms with Crippen molar-refractivity contribution in [1.29, 1.82) is 0 Å². The van der Waals surface area contributed by atoms with Crippen LogP contribution in [0.2, 0.25) is 0 Å². The number of carbonyl (C=O) groups is 2. The van der Waals surface area contributed by atoms with Crippen LogP contribution in [0.25, 0.3) is 0 Å². The molecule has 1 aliphatic heterocycles. The first kappa shape index (κ1) is 29.7. The average Bonchev–Trinajstić information content (AvgIpc) is 2.81. The van der Waals surface area contributed by atoms with E-state index < -0.39 is 11.7 Å². The molecule has 36 heavy (non-hydrogen) atoms. The minimum absolute atomic E-state index is 0.0134. The summed E-state index contributed by atoms with van der Waals surface area (Å²) >= 11 is 0. The van der Waals surface area contributed by atoms with Crippen molar-refractivity contribution in [2.24, 2.45) is 0 Å². The zero-order valence-electron chi connectivity index (χ0n) is 22.9. The van der Waals surface area contributed by atoms with Gasteiger partial charge in [0, 0.05) is 50.9 Å². The van der Waals surface area contributed by atoms with Gasteiger partial charge in [0.2, 0.25) is 0 Å². The minimum Gasteiger partial charge on any atom is -0.493 e. The van der Waals surface area contributed by atoms with E-state index in [9.17, 15) is 14.7 Å². The van der Waals surface area contributed by atoms with E-state index in [0.717, 1.165) is 6.42 Å².